The van der Waals surface area contributed by atoms with E-state index in [4.69, 9.17) is 23.2 Å². The fraction of sp³-hybridized carbons (Fsp3) is 0.333. The van der Waals surface area contributed by atoms with Crippen LogP contribution in [0.15, 0.2) is 24.4 Å². The van der Waals surface area contributed by atoms with Gasteiger partial charge in [0.15, 0.2) is 5.82 Å². The van der Waals surface area contributed by atoms with Crippen LogP contribution in [0.1, 0.15) is 24.6 Å². The van der Waals surface area contributed by atoms with Crippen LogP contribution >= 0.6 is 23.2 Å². The van der Waals surface area contributed by atoms with Crippen molar-refractivity contribution in [2.24, 2.45) is 0 Å². The summed E-state index contributed by atoms with van der Waals surface area (Å²) in [5, 5.41) is 5.04. The average Bonchev–Trinajstić information content (AvgIpc) is 2.67. The maximum atomic E-state index is 6.28. The predicted octanol–water partition coefficient (Wildman–Crippen LogP) is 3.61. The smallest absolute Gasteiger partial charge is 0.155 e. The zero-order valence-corrected chi connectivity index (χ0v) is 11.0. The van der Waals surface area contributed by atoms with Crippen molar-refractivity contribution in [1.82, 2.24) is 14.8 Å². The molecule has 0 bridgehead atoms. The molecule has 0 radical (unpaired) electrons. The van der Waals surface area contributed by atoms with E-state index in [9.17, 15) is 0 Å². The molecule has 0 amide bonds. The lowest BCUT2D eigenvalue weighted by Gasteiger charge is -2.00. The molecule has 17 heavy (non-hydrogen) atoms. The molecule has 0 saturated heterocycles. The molecule has 0 unspecified atom stereocenters. The Kier molecular flexibility index (Phi) is 4.02. The molecule has 2 aromatic rings. The second-order valence-corrected chi connectivity index (χ2v) is 4.32. The molecule has 5 heteroatoms. The Morgan fingerprint density at radius 1 is 1.35 bits per heavy atom. The van der Waals surface area contributed by atoms with Crippen LogP contribution in [-0.4, -0.2) is 14.8 Å². The number of pyridine rings is 1. The van der Waals surface area contributed by atoms with Crippen molar-refractivity contribution in [2.75, 3.05) is 0 Å². The third-order valence-corrected chi connectivity index (χ3v) is 3.15. The number of nitrogens with zero attached hydrogens (tertiary/aromatic N) is 3. The summed E-state index contributed by atoms with van der Waals surface area (Å²) in [5.41, 5.74) is 1.86. The molecule has 90 valence electrons. The van der Waals surface area contributed by atoms with Crippen molar-refractivity contribution >= 4 is 23.2 Å². The summed E-state index contributed by atoms with van der Waals surface area (Å²) in [7, 11) is 0. The lowest BCUT2D eigenvalue weighted by Crippen LogP contribution is -1.99. The summed E-state index contributed by atoms with van der Waals surface area (Å²) in [6.07, 6.45) is 3.61. The minimum absolute atomic E-state index is 0.376. The molecule has 2 rings (SSSR count). The van der Waals surface area contributed by atoms with Gasteiger partial charge in [0.2, 0.25) is 0 Å². The highest BCUT2D eigenvalue weighted by molar-refractivity contribution is 6.31. The first-order valence-electron chi connectivity index (χ1n) is 5.51. The molecule has 0 spiro atoms. The van der Waals surface area contributed by atoms with Crippen LogP contribution in [0.25, 0.3) is 5.82 Å². The molecule has 0 aliphatic carbocycles. The van der Waals surface area contributed by atoms with E-state index in [1.165, 1.54) is 0 Å². The predicted molar refractivity (Wildman–Crippen MR) is 69.9 cm³/mol. The largest absolute Gasteiger partial charge is 0.237 e. The van der Waals surface area contributed by atoms with Crippen LogP contribution in [0.4, 0.5) is 0 Å². The van der Waals surface area contributed by atoms with Gasteiger partial charge in [0.1, 0.15) is 5.15 Å². The van der Waals surface area contributed by atoms with E-state index < -0.39 is 0 Å². The van der Waals surface area contributed by atoms with Crippen LogP contribution in [0.5, 0.6) is 0 Å². The molecule has 0 N–H and O–H groups in total. The Morgan fingerprint density at radius 2 is 2.18 bits per heavy atom. The minimum Gasteiger partial charge on any atom is -0.237 e. The fourth-order valence-electron chi connectivity index (χ4n) is 1.67. The van der Waals surface area contributed by atoms with Crippen LogP contribution in [-0.2, 0) is 12.3 Å². The van der Waals surface area contributed by atoms with E-state index >= 15 is 0 Å². The van der Waals surface area contributed by atoms with E-state index in [2.05, 4.69) is 17.0 Å². The first-order valence-corrected chi connectivity index (χ1v) is 6.42. The molecule has 0 aromatic carbocycles. The summed E-state index contributed by atoms with van der Waals surface area (Å²) in [4.78, 5) is 4.23. The Morgan fingerprint density at radius 3 is 2.76 bits per heavy atom. The lowest BCUT2D eigenvalue weighted by atomic mass is 10.2. The number of aryl methyl sites for hydroxylation is 1. The van der Waals surface area contributed by atoms with Gasteiger partial charge in [0.25, 0.3) is 0 Å². The topological polar surface area (TPSA) is 30.7 Å². The molecule has 0 aliphatic rings. The molecule has 2 aromatic heterocycles. The fourth-order valence-corrected chi connectivity index (χ4v) is 2.32. The molecular formula is C12H13Cl2N3. The Bertz CT molecular complexity index is 494. The number of alkyl halides is 1. The van der Waals surface area contributed by atoms with Crippen LogP contribution in [0.2, 0.25) is 5.15 Å². The Balaban J connectivity index is 2.49. The van der Waals surface area contributed by atoms with E-state index in [1.54, 1.807) is 10.9 Å². The van der Waals surface area contributed by atoms with Crippen molar-refractivity contribution in [3.8, 4) is 5.82 Å². The van der Waals surface area contributed by atoms with E-state index in [-0.39, 0.29) is 0 Å². The SMILES string of the molecule is CCCc1nn(-c2ccccn2)c(Cl)c1CCl. The van der Waals surface area contributed by atoms with Crippen molar-refractivity contribution < 1.29 is 0 Å². The molecular weight excluding hydrogens is 257 g/mol. The van der Waals surface area contributed by atoms with Gasteiger partial charge in [-0.25, -0.2) is 9.67 Å². The van der Waals surface area contributed by atoms with Crippen molar-refractivity contribution in [3.63, 3.8) is 0 Å². The maximum Gasteiger partial charge on any atom is 0.155 e. The summed E-state index contributed by atoms with van der Waals surface area (Å²) in [6, 6.07) is 5.63. The van der Waals surface area contributed by atoms with Gasteiger partial charge in [-0.3, -0.25) is 0 Å². The normalized spacial score (nSPS) is 10.8. The van der Waals surface area contributed by atoms with Gasteiger partial charge in [-0.05, 0) is 18.6 Å². The van der Waals surface area contributed by atoms with Gasteiger partial charge < -0.3 is 0 Å². The molecule has 3 nitrogen and oxygen atoms in total. The molecule has 0 atom stereocenters. The van der Waals surface area contributed by atoms with Gasteiger partial charge in [-0.15, -0.1) is 11.6 Å². The van der Waals surface area contributed by atoms with Crippen LogP contribution in [0.3, 0.4) is 0 Å². The maximum absolute atomic E-state index is 6.28. The average molecular weight is 270 g/mol. The Labute approximate surface area is 110 Å². The zero-order chi connectivity index (χ0) is 12.3. The van der Waals surface area contributed by atoms with Gasteiger partial charge in [0, 0.05) is 11.8 Å². The van der Waals surface area contributed by atoms with Gasteiger partial charge in [-0.1, -0.05) is 31.0 Å². The number of aromatic nitrogens is 3. The summed E-state index contributed by atoms with van der Waals surface area (Å²) in [5.74, 6) is 1.09. The van der Waals surface area contributed by atoms with E-state index in [0.29, 0.717) is 16.9 Å². The second kappa shape index (κ2) is 5.52. The highest BCUT2D eigenvalue weighted by Gasteiger charge is 2.16. The number of hydrogen-bond donors (Lipinski definition) is 0. The first-order chi connectivity index (χ1) is 8.27. The van der Waals surface area contributed by atoms with Crippen LogP contribution < -0.4 is 0 Å². The number of rotatable bonds is 4. The summed E-state index contributed by atoms with van der Waals surface area (Å²) >= 11 is 12.2. The monoisotopic (exact) mass is 269 g/mol. The summed E-state index contributed by atoms with van der Waals surface area (Å²) in [6.45, 7) is 2.10. The standard InChI is InChI=1S/C12H13Cl2N3/c1-2-5-10-9(8-13)12(14)17(16-10)11-6-3-4-7-15-11/h3-4,6-7H,2,5,8H2,1H3. The van der Waals surface area contributed by atoms with E-state index in [0.717, 1.165) is 24.1 Å². The lowest BCUT2D eigenvalue weighted by molar-refractivity contribution is 0.790. The molecule has 2 heterocycles. The molecule has 0 fully saturated rings. The van der Waals surface area contributed by atoms with Crippen LogP contribution in [0, 0.1) is 0 Å². The minimum atomic E-state index is 0.376. The van der Waals surface area contributed by atoms with Crippen molar-refractivity contribution in [1.29, 1.82) is 0 Å². The highest BCUT2D eigenvalue weighted by atomic mass is 35.5. The van der Waals surface area contributed by atoms with Crippen molar-refractivity contribution in [2.45, 2.75) is 25.6 Å². The van der Waals surface area contributed by atoms with Crippen molar-refractivity contribution in [3.05, 3.63) is 40.8 Å². The summed E-state index contributed by atoms with van der Waals surface area (Å²) < 4.78 is 1.64. The second-order valence-electron chi connectivity index (χ2n) is 3.70. The Hall–Kier alpha value is -1.06. The quantitative estimate of drug-likeness (QED) is 0.794. The third-order valence-electron chi connectivity index (χ3n) is 2.49. The molecule has 0 saturated carbocycles. The first kappa shape index (κ1) is 12.4. The van der Waals surface area contributed by atoms with Gasteiger partial charge >= 0.3 is 0 Å². The number of hydrogen-bond acceptors (Lipinski definition) is 2. The van der Waals surface area contributed by atoms with Gasteiger partial charge in [0.05, 0.1) is 11.6 Å². The molecule has 0 aliphatic heterocycles. The highest BCUT2D eigenvalue weighted by Crippen LogP contribution is 2.25. The number of halogens is 2. The van der Waals surface area contributed by atoms with E-state index in [1.807, 2.05) is 18.2 Å². The third kappa shape index (κ3) is 2.45. The zero-order valence-electron chi connectivity index (χ0n) is 9.53. The van der Waals surface area contributed by atoms with Gasteiger partial charge in [-0.2, -0.15) is 5.10 Å².